The second kappa shape index (κ2) is 6.36. The predicted molar refractivity (Wildman–Crippen MR) is 99.4 cm³/mol. The smallest absolute Gasteiger partial charge is 0.410 e. The number of carbonyl (C=O) groups excluding carboxylic acids is 3. The molecule has 0 N–H and O–H groups in total. The number of benzene rings is 1. The molecule has 2 heterocycles. The highest BCUT2D eigenvalue weighted by Crippen LogP contribution is 2.42. The summed E-state index contributed by atoms with van der Waals surface area (Å²) >= 11 is 0. The maximum absolute atomic E-state index is 12.9. The van der Waals surface area contributed by atoms with Crippen molar-refractivity contribution in [2.24, 2.45) is 5.92 Å². The lowest BCUT2D eigenvalue weighted by Gasteiger charge is -2.33. The molecule has 1 saturated heterocycles. The van der Waals surface area contributed by atoms with Crippen LogP contribution in [-0.2, 0) is 4.74 Å². The summed E-state index contributed by atoms with van der Waals surface area (Å²) in [4.78, 5) is 41.5. The van der Waals surface area contributed by atoms with Gasteiger partial charge in [0.1, 0.15) is 5.60 Å². The van der Waals surface area contributed by atoms with E-state index >= 15 is 0 Å². The van der Waals surface area contributed by atoms with Crippen molar-refractivity contribution in [3.63, 3.8) is 0 Å². The summed E-state index contributed by atoms with van der Waals surface area (Å²) in [5.41, 5.74) is 0.327. The van der Waals surface area contributed by atoms with Crippen LogP contribution in [0.3, 0.4) is 0 Å². The second-order valence-corrected chi connectivity index (χ2v) is 8.80. The molecule has 6 heteroatoms. The minimum atomic E-state index is -0.576. The Morgan fingerprint density at radius 3 is 2.33 bits per heavy atom. The highest BCUT2D eigenvalue weighted by molar-refractivity contribution is 6.21. The first-order valence-corrected chi connectivity index (χ1v) is 9.73. The van der Waals surface area contributed by atoms with Gasteiger partial charge in [0.05, 0.1) is 23.7 Å². The third kappa shape index (κ3) is 3.11. The Labute approximate surface area is 159 Å². The van der Waals surface area contributed by atoms with Crippen LogP contribution >= 0.6 is 0 Å². The molecular weight excluding hydrogens is 344 g/mol. The number of fused-ring (bicyclic) bond motifs is 3. The molecule has 2 aliphatic heterocycles. The van der Waals surface area contributed by atoms with Crippen molar-refractivity contribution in [2.75, 3.05) is 6.54 Å². The van der Waals surface area contributed by atoms with Crippen LogP contribution in [0.1, 0.15) is 67.2 Å². The molecule has 2 fully saturated rings. The van der Waals surface area contributed by atoms with Gasteiger partial charge in [-0.25, -0.2) is 4.79 Å². The number of hydrogen-bond donors (Lipinski definition) is 0. The van der Waals surface area contributed by atoms with Crippen LogP contribution in [0.25, 0.3) is 0 Å². The Hall–Kier alpha value is -2.37. The van der Waals surface area contributed by atoms with Crippen LogP contribution in [0, 0.1) is 5.92 Å². The molecule has 0 radical (unpaired) electrons. The van der Waals surface area contributed by atoms with E-state index in [1.807, 2.05) is 25.7 Å². The molecule has 144 valence electrons. The number of ether oxygens (including phenoxy) is 1. The molecule has 27 heavy (non-hydrogen) atoms. The van der Waals surface area contributed by atoms with E-state index in [4.69, 9.17) is 4.74 Å². The zero-order valence-corrected chi connectivity index (χ0v) is 16.1. The molecular formula is C21H26N2O4. The van der Waals surface area contributed by atoms with Gasteiger partial charge in [-0.15, -0.1) is 0 Å². The molecule has 3 amide bonds. The normalized spacial score (nSPS) is 27.1. The van der Waals surface area contributed by atoms with E-state index < -0.39 is 5.60 Å². The zero-order chi connectivity index (χ0) is 19.3. The van der Waals surface area contributed by atoms with E-state index in [2.05, 4.69) is 0 Å². The highest BCUT2D eigenvalue weighted by atomic mass is 16.6. The van der Waals surface area contributed by atoms with E-state index in [0.29, 0.717) is 17.0 Å². The van der Waals surface area contributed by atoms with Crippen molar-refractivity contribution >= 4 is 17.9 Å². The lowest BCUT2D eigenvalue weighted by atomic mass is 9.87. The van der Waals surface area contributed by atoms with Crippen molar-refractivity contribution < 1.29 is 19.1 Å². The topological polar surface area (TPSA) is 66.9 Å². The fourth-order valence-corrected chi connectivity index (χ4v) is 4.73. The Morgan fingerprint density at radius 2 is 1.74 bits per heavy atom. The van der Waals surface area contributed by atoms with Crippen LogP contribution in [0.4, 0.5) is 4.79 Å². The Balaban J connectivity index is 1.59. The summed E-state index contributed by atoms with van der Waals surface area (Å²) in [6.07, 6.45) is 3.62. The first-order chi connectivity index (χ1) is 12.8. The molecule has 2 unspecified atom stereocenters. The monoisotopic (exact) mass is 370 g/mol. The first-order valence-electron chi connectivity index (χ1n) is 9.73. The van der Waals surface area contributed by atoms with Gasteiger partial charge in [0.25, 0.3) is 11.8 Å². The van der Waals surface area contributed by atoms with E-state index in [1.165, 1.54) is 4.90 Å². The summed E-state index contributed by atoms with van der Waals surface area (Å²) in [6.45, 7) is 5.80. The summed E-state index contributed by atoms with van der Waals surface area (Å²) < 4.78 is 5.64. The maximum Gasteiger partial charge on any atom is 0.410 e. The average Bonchev–Trinajstić information content (AvgIpc) is 2.99. The minimum Gasteiger partial charge on any atom is -0.444 e. The van der Waals surface area contributed by atoms with Gasteiger partial charge in [0.2, 0.25) is 0 Å². The number of amides is 3. The van der Waals surface area contributed by atoms with Crippen molar-refractivity contribution in [1.29, 1.82) is 0 Å². The molecule has 0 spiro atoms. The van der Waals surface area contributed by atoms with Crippen molar-refractivity contribution in [3.8, 4) is 0 Å². The van der Waals surface area contributed by atoms with E-state index in [9.17, 15) is 14.4 Å². The van der Waals surface area contributed by atoms with Gasteiger partial charge in [-0.05, 0) is 58.1 Å². The molecule has 1 aliphatic carbocycles. The van der Waals surface area contributed by atoms with Crippen LogP contribution < -0.4 is 0 Å². The van der Waals surface area contributed by atoms with Crippen molar-refractivity contribution in [2.45, 2.75) is 64.1 Å². The van der Waals surface area contributed by atoms with Gasteiger partial charge in [0, 0.05) is 6.04 Å². The molecule has 1 saturated carbocycles. The van der Waals surface area contributed by atoms with E-state index in [0.717, 1.165) is 25.7 Å². The van der Waals surface area contributed by atoms with Gasteiger partial charge in [-0.3, -0.25) is 14.5 Å². The molecule has 4 rings (SSSR count). The fourth-order valence-electron chi connectivity index (χ4n) is 4.73. The van der Waals surface area contributed by atoms with Crippen LogP contribution in [0.2, 0.25) is 0 Å². The maximum atomic E-state index is 12.9. The van der Waals surface area contributed by atoms with E-state index in [-0.39, 0.29) is 36.5 Å². The molecule has 3 aliphatic rings. The number of likely N-dealkylation sites (tertiary alicyclic amines) is 1. The lowest BCUT2D eigenvalue weighted by molar-refractivity contribution is 0.0102. The molecule has 2 bridgehead atoms. The third-order valence-corrected chi connectivity index (χ3v) is 5.83. The van der Waals surface area contributed by atoms with Gasteiger partial charge in [-0.2, -0.15) is 0 Å². The van der Waals surface area contributed by atoms with Gasteiger partial charge in [-0.1, -0.05) is 18.6 Å². The SMILES string of the molecule is CC(C)(C)OC(=O)N1C2CCCC(C2)[C@H]1CN1C(=O)c2ccccc2C1=O. The predicted octanol–water partition coefficient (Wildman–Crippen LogP) is 3.46. The Kier molecular flexibility index (Phi) is 4.24. The second-order valence-electron chi connectivity index (χ2n) is 8.80. The molecule has 6 nitrogen and oxygen atoms in total. The van der Waals surface area contributed by atoms with Gasteiger partial charge in [0.15, 0.2) is 0 Å². The Morgan fingerprint density at radius 1 is 1.11 bits per heavy atom. The summed E-state index contributed by atoms with van der Waals surface area (Å²) in [5.74, 6) is -0.219. The molecule has 1 aromatic rings. The largest absolute Gasteiger partial charge is 0.444 e. The molecule has 0 aromatic heterocycles. The van der Waals surface area contributed by atoms with Crippen LogP contribution in [0.15, 0.2) is 24.3 Å². The highest BCUT2D eigenvalue weighted by Gasteiger charge is 2.49. The third-order valence-electron chi connectivity index (χ3n) is 5.83. The number of hydrogen-bond acceptors (Lipinski definition) is 4. The van der Waals surface area contributed by atoms with E-state index in [1.54, 1.807) is 24.3 Å². The van der Waals surface area contributed by atoms with Gasteiger partial charge >= 0.3 is 6.09 Å². The van der Waals surface area contributed by atoms with Crippen LogP contribution in [-0.4, -0.2) is 51.9 Å². The summed E-state index contributed by atoms with van der Waals surface area (Å²) in [5, 5.41) is 0. The van der Waals surface area contributed by atoms with Crippen molar-refractivity contribution in [3.05, 3.63) is 35.4 Å². The minimum absolute atomic E-state index is 0.138. The number of nitrogens with zero attached hydrogens (tertiary/aromatic N) is 2. The lowest BCUT2D eigenvalue weighted by Crippen LogP contribution is -2.50. The average molecular weight is 370 g/mol. The molecule has 3 atom stereocenters. The Bertz CT molecular complexity index is 763. The fraction of sp³-hybridized carbons (Fsp3) is 0.571. The van der Waals surface area contributed by atoms with Crippen LogP contribution in [0.5, 0.6) is 0 Å². The number of carbonyl (C=O) groups is 3. The standard InChI is InChI=1S/C21H26N2O4/c1-21(2,3)27-20(26)23-14-8-6-7-13(11-14)17(23)12-22-18(24)15-9-4-5-10-16(15)19(22)25/h4-5,9-10,13-14,17H,6-8,11-12H2,1-3H3/t13?,14?,17-/m1/s1. The quantitative estimate of drug-likeness (QED) is 0.748. The number of rotatable bonds is 2. The zero-order valence-electron chi connectivity index (χ0n) is 16.1. The van der Waals surface area contributed by atoms with Gasteiger partial charge < -0.3 is 9.64 Å². The summed E-state index contributed by atoms with van der Waals surface area (Å²) in [7, 11) is 0. The number of imide groups is 1. The van der Waals surface area contributed by atoms with Crippen molar-refractivity contribution in [1.82, 2.24) is 9.80 Å². The molecule has 1 aromatic carbocycles. The first kappa shape index (κ1) is 18.0. The summed E-state index contributed by atoms with van der Waals surface area (Å²) in [6, 6.07) is 6.88.